The minimum Gasteiger partial charge on any atom is -0.384 e. The fourth-order valence-electron chi connectivity index (χ4n) is 4.23. The molecule has 0 radical (unpaired) electrons. The minimum absolute atomic E-state index is 0.169. The summed E-state index contributed by atoms with van der Waals surface area (Å²) in [6, 6.07) is 14.5. The van der Waals surface area contributed by atoms with Crippen molar-refractivity contribution in [2.24, 2.45) is 5.14 Å². The number of hydrogen-bond donors (Lipinski definition) is 3. The smallest absolute Gasteiger partial charge is 0.384 e. The molecule has 4 N–H and O–H groups in total. The molecule has 0 atom stereocenters. The summed E-state index contributed by atoms with van der Waals surface area (Å²) in [5.74, 6) is 0. The number of nitrogens with zero attached hydrogens (tertiary/aromatic N) is 1. The molecule has 1 aliphatic carbocycles. The third kappa shape index (κ3) is 4.83. The van der Waals surface area contributed by atoms with E-state index in [1.54, 1.807) is 6.07 Å². The summed E-state index contributed by atoms with van der Waals surface area (Å²) in [5.41, 5.74) is -0.125. The lowest BCUT2D eigenvalue weighted by atomic mass is 9.61. The maximum absolute atomic E-state index is 13.4. The Bertz CT molecular complexity index is 1250. The number of aromatic nitrogens is 1. The normalized spacial score (nSPS) is 21.3. The third-order valence-corrected chi connectivity index (χ3v) is 6.57. The lowest BCUT2D eigenvalue weighted by molar-refractivity contribution is -0.140. The molecule has 0 saturated heterocycles. The van der Waals surface area contributed by atoms with Gasteiger partial charge in [-0.3, -0.25) is 0 Å². The first-order valence-electron chi connectivity index (χ1n) is 9.72. The minimum atomic E-state index is -4.61. The second kappa shape index (κ2) is 8.18. The van der Waals surface area contributed by atoms with Crippen molar-refractivity contribution in [2.45, 2.75) is 30.5 Å². The number of hydrogen-bond acceptors (Lipinski definition) is 4. The second-order valence-corrected chi connectivity index (χ2v) is 9.74. The van der Waals surface area contributed by atoms with E-state index in [-0.39, 0.29) is 23.8 Å². The molecule has 0 amide bonds. The number of benzene rings is 2. The Kier molecular flexibility index (Phi) is 5.83. The van der Waals surface area contributed by atoms with Gasteiger partial charge in [0.15, 0.2) is 0 Å². The molecular weight excluding hydrogens is 465 g/mol. The van der Waals surface area contributed by atoms with Crippen molar-refractivity contribution in [1.29, 1.82) is 0 Å². The fraction of sp³-hybridized carbons (Fsp3) is 0.286. The maximum Gasteiger partial charge on any atom is 0.433 e. The van der Waals surface area contributed by atoms with Gasteiger partial charge < -0.3 is 5.32 Å². The zero-order valence-electron chi connectivity index (χ0n) is 16.7. The molecule has 0 aliphatic heterocycles. The predicted molar refractivity (Wildman–Crippen MR) is 118 cm³/mol. The number of rotatable bonds is 6. The average Bonchev–Trinajstić information content (AvgIpc) is 2.68. The van der Waals surface area contributed by atoms with Gasteiger partial charge in [-0.05, 0) is 42.7 Å². The molecule has 3 aromatic rings. The van der Waals surface area contributed by atoms with Gasteiger partial charge in [-0.15, -0.1) is 0 Å². The monoisotopic (exact) mass is 484 g/mol. The van der Waals surface area contributed by atoms with Crippen molar-refractivity contribution in [3.8, 4) is 0 Å². The Morgan fingerprint density at radius 2 is 1.81 bits per heavy atom. The van der Waals surface area contributed by atoms with Crippen molar-refractivity contribution in [3.05, 3.63) is 70.9 Å². The molecule has 6 nitrogen and oxygen atoms in total. The number of anilines is 1. The average molecular weight is 485 g/mol. The summed E-state index contributed by atoms with van der Waals surface area (Å²) < 4.78 is 65.4. The third-order valence-electron chi connectivity index (χ3n) is 5.67. The zero-order valence-corrected chi connectivity index (χ0v) is 18.2. The Labute approximate surface area is 188 Å². The standard InChI is InChI=1S/C21H20ClF3N4O2S/c22-14-6-7-17-16(8-14)18(9-19(28-17)21(23,24)25)27-12-20(13-4-2-1-3-5-13)10-15(11-20)29-32(26,30)31/h1-9,15,29H,10-12H2,(H,27,28)(H2,26,30,31). The number of nitrogens with two attached hydrogens (primary N) is 1. The number of fused-ring (bicyclic) bond motifs is 1. The Morgan fingerprint density at radius 3 is 2.44 bits per heavy atom. The van der Waals surface area contributed by atoms with Gasteiger partial charge in [-0.2, -0.15) is 26.3 Å². The predicted octanol–water partition coefficient (Wildman–Crippen LogP) is 4.21. The Balaban J connectivity index is 1.67. The highest BCUT2D eigenvalue weighted by molar-refractivity contribution is 7.87. The van der Waals surface area contributed by atoms with Gasteiger partial charge in [0, 0.05) is 34.1 Å². The molecule has 4 rings (SSSR count). The van der Waals surface area contributed by atoms with E-state index in [1.165, 1.54) is 12.1 Å². The summed E-state index contributed by atoms with van der Waals surface area (Å²) in [5, 5.41) is 9.08. The zero-order chi connectivity index (χ0) is 23.1. The van der Waals surface area contributed by atoms with Gasteiger partial charge in [0.05, 0.1) is 5.52 Å². The van der Waals surface area contributed by atoms with Crippen LogP contribution >= 0.6 is 11.6 Å². The molecule has 1 saturated carbocycles. The van der Waals surface area contributed by atoms with Gasteiger partial charge in [0.2, 0.25) is 0 Å². The van der Waals surface area contributed by atoms with Crippen LogP contribution in [0.15, 0.2) is 54.6 Å². The highest BCUT2D eigenvalue weighted by Gasteiger charge is 2.46. The first-order chi connectivity index (χ1) is 15.0. The van der Waals surface area contributed by atoms with Crippen molar-refractivity contribution in [3.63, 3.8) is 0 Å². The lowest BCUT2D eigenvalue weighted by Gasteiger charge is -2.48. The van der Waals surface area contributed by atoms with Gasteiger partial charge in [0.1, 0.15) is 5.69 Å². The first kappa shape index (κ1) is 22.8. The fourth-order valence-corrected chi connectivity index (χ4v) is 5.03. The van der Waals surface area contributed by atoms with Crippen molar-refractivity contribution in [1.82, 2.24) is 9.71 Å². The molecule has 11 heteroatoms. The molecule has 1 heterocycles. The van der Waals surface area contributed by atoms with Gasteiger partial charge >= 0.3 is 6.18 Å². The van der Waals surface area contributed by atoms with Crippen LogP contribution in [-0.4, -0.2) is 26.0 Å². The van der Waals surface area contributed by atoms with Crippen LogP contribution in [0.2, 0.25) is 5.02 Å². The number of pyridine rings is 1. The largest absolute Gasteiger partial charge is 0.433 e. The van der Waals surface area contributed by atoms with Crippen LogP contribution in [0.1, 0.15) is 24.1 Å². The maximum atomic E-state index is 13.4. The quantitative estimate of drug-likeness (QED) is 0.488. The SMILES string of the molecule is NS(=O)(=O)NC1CC(CNc2cc(C(F)(F)F)nc3ccc(Cl)cc23)(c2ccccc2)C1. The molecule has 0 spiro atoms. The molecular formula is C21H20ClF3N4O2S. The molecule has 1 aromatic heterocycles. The molecule has 2 aromatic carbocycles. The summed E-state index contributed by atoms with van der Waals surface area (Å²) in [4.78, 5) is 3.72. The van der Waals surface area contributed by atoms with E-state index in [2.05, 4.69) is 15.0 Å². The topological polar surface area (TPSA) is 97.1 Å². The molecule has 0 bridgehead atoms. The van der Waals surface area contributed by atoms with Gasteiger partial charge in [-0.1, -0.05) is 41.9 Å². The van der Waals surface area contributed by atoms with E-state index in [0.717, 1.165) is 11.6 Å². The van der Waals surface area contributed by atoms with Crippen molar-refractivity contribution >= 4 is 38.4 Å². The summed E-state index contributed by atoms with van der Waals surface area (Å²) >= 11 is 6.07. The Hall–Kier alpha value is -2.40. The summed E-state index contributed by atoms with van der Waals surface area (Å²) in [7, 11) is -3.86. The van der Waals surface area contributed by atoms with Crippen LogP contribution in [0.25, 0.3) is 10.9 Å². The van der Waals surface area contributed by atoms with E-state index in [4.69, 9.17) is 16.7 Å². The van der Waals surface area contributed by atoms with Gasteiger partial charge in [0.25, 0.3) is 10.2 Å². The van der Waals surface area contributed by atoms with Crippen molar-refractivity contribution in [2.75, 3.05) is 11.9 Å². The van der Waals surface area contributed by atoms with Gasteiger partial charge in [-0.25, -0.2) is 10.1 Å². The van der Waals surface area contributed by atoms with E-state index in [9.17, 15) is 21.6 Å². The summed E-state index contributed by atoms with van der Waals surface area (Å²) in [6.07, 6.45) is -3.73. The number of halogens is 4. The van der Waals surface area contributed by atoms with Crippen molar-refractivity contribution < 1.29 is 21.6 Å². The van der Waals surface area contributed by atoms with E-state index < -0.39 is 27.5 Å². The number of nitrogens with one attached hydrogen (secondary N) is 2. The number of alkyl halides is 3. The van der Waals surface area contributed by atoms with Crippen LogP contribution in [-0.2, 0) is 21.8 Å². The second-order valence-electron chi connectivity index (χ2n) is 7.98. The van der Waals surface area contributed by atoms with Crippen LogP contribution < -0.4 is 15.2 Å². The van der Waals surface area contributed by atoms with Crippen LogP contribution in [0.3, 0.4) is 0 Å². The summed E-state index contributed by atoms with van der Waals surface area (Å²) in [6.45, 7) is 0.280. The molecule has 170 valence electrons. The van der Waals surface area contributed by atoms with Crippen LogP contribution in [0, 0.1) is 0 Å². The highest BCUT2D eigenvalue weighted by atomic mass is 35.5. The van der Waals surface area contributed by atoms with E-state index in [0.29, 0.717) is 23.3 Å². The molecule has 1 fully saturated rings. The first-order valence-corrected chi connectivity index (χ1v) is 11.6. The molecule has 1 aliphatic rings. The van der Waals surface area contributed by atoms with Crippen LogP contribution in [0.5, 0.6) is 0 Å². The van der Waals surface area contributed by atoms with Crippen LogP contribution in [0.4, 0.5) is 18.9 Å². The van der Waals surface area contributed by atoms with E-state index in [1.807, 2.05) is 30.3 Å². The van der Waals surface area contributed by atoms with E-state index >= 15 is 0 Å². The molecule has 0 unspecified atom stereocenters. The molecule has 32 heavy (non-hydrogen) atoms. The Morgan fingerprint density at radius 1 is 1.12 bits per heavy atom. The lowest BCUT2D eigenvalue weighted by Crippen LogP contribution is -2.57. The highest BCUT2D eigenvalue weighted by Crippen LogP contribution is 2.45.